The molecule has 0 aliphatic carbocycles. The summed E-state index contributed by atoms with van der Waals surface area (Å²) in [6.07, 6.45) is 3.79. The Kier molecular flexibility index (Phi) is 2.63. The second kappa shape index (κ2) is 3.80. The molecule has 0 amide bonds. The van der Waals surface area contributed by atoms with Crippen LogP contribution < -0.4 is 5.56 Å². The average Bonchev–Trinajstić information content (AvgIpc) is 2.17. The highest BCUT2D eigenvalue weighted by Gasteiger charge is 2.19. The van der Waals surface area contributed by atoms with Crippen LogP contribution in [0.2, 0.25) is 0 Å². The Labute approximate surface area is 90.2 Å². The lowest BCUT2D eigenvalue weighted by atomic mass is 9.99. The number of aromatic nitrogens is 2. The third-order valence-corrected chi connectivity index (χ3v) is 3.15. The van der Waals surface area contributed by atoms with E-state index in [1.54, 1.807) is 6.20 Å². The summed E-state index contributed by atoms with van der Waals surface area (Å²) < 4.78 is 1.86. The fourth-order valence-electron chi connectivity index (χ4n) is 2.09. The molecule has 1 aliphatic heterocycles. The second-order valence-electron chi connectivity index (χ2n) is 4.84. The molecule has 0 saturated carbocycles. The molecule has 1 aromatic rings. The minimum Gasteiger partial charge on any atom is -0.296 e. The van der Waals surface area contributed by atoms with Gasteiger partial charge < -0.3 is 0 Å². The van der Waals surface area contributed by atoms with Gasteiger partial charge in [-0.1, -0.05) is 20.8 Å². The Morgan fingerprint density at radius 2 is 2.27 bits per heavy atom. The lowest BCUT2D eigenvalue weighted by Gasteiger charge is -2.23. The number of rotatable bonds is 1. The Morgan fingerprint density at radius 1 is 1.53 bits per heavy atom. The first-order chi connectivity index (χ1) is 7.09. The van der Waals surface area contributed by atoms with Crippen molar-refractivity contribution in [3.8, 4) is 0 Å². The van der Waals surface area contributed by atoms with Crippen LogP contribution in [0.4, 0.5) is 0 Å². The third-order valence-electron chi connectivity index (χ3n) is 3.15. The van der Waals surface area contributed by atoms with Crippen LogP contribution in [-0.4, -0.2) is 9.55 Å². The van der Waals surface area contributed by atoms with E-state index in [-0.39, 0.29) is 11.5 Å². The maximum absolute atomic E-state index is 12.1. The molecule has 3 heteroatoms. The summed E-state index contributed by atoms with van der Waals surface area (Å²) in [5.74, 6) is 1.88. The van der Waals surface area contributed by atoms with Crippen molar-refractivity contribution < 1.29 is 0 Å². The quantitative estimate of drug-likeness (QED) is 0.704. The molecule has 2 rings (SSSR count). The molecular weight excluding hydrogens is 188 g/mol. The summed E-state index contributed by atoms with van der Waals surface area (Å²) in [7, 11) is 0. The van der Waals surface area contributed by atoms with E-state index in [0.29, 0.717) is 5.92 Å². The zero-order chi connectivity index (χ0) is 11.0. The normalized spacial score (nSPS) is 20.4. The standard InChI is InChI=1S/C12H18N2O/c1-8(2)10-7-13-11-6-9(3)4-5-14(11)12(10)15/h7-9H,4-6H2,1-3H3. The zero-order valence-corrected chi connectivity index (χ0v) is 9.66. The van der Waals surface area contributed by atoms with Gasteiger partial charge in [0.15, 0.2) is 0 Å². The highest BCUT2D eigenvalue weighted by molar-refractivity contribution is 5.13. The van der Waals surface area contributed by atoms with E-state index in [1.165, 1.54) is 0 Å². The summed E-state index contributed by atoms with van der Waals surface area (Å²) in [5.41, 5.74) is 1.01. The van der Waals surface area contributed by atoms with E-state index in [1.807, 2.05) is 18.4 Å². The first-order valence-electron chi connectivity index (χ1n) is 5.68. The predicted octanol–water partition coefficient (Wildman–Crippen LogP) is 1.95. The van der Waals surface area contributed by atoms with Crippen LogP contribution >= 0.6 is 0 Å². The van der Waals surface area contributed by atoms with E-state index in [2.05, 4.69) is 11.9 Å². The number of nitrogens with zero attached hydrogens (tertiary/aromatic N) is 2. The molecule has 1 atom stereocenters. The van der Waals surface area contributed by atoms with Gasteiger partial charge in [-0.05, 0) is 18.3 Å². The number of fused-ring (bicyclic) bond motifs is 1. The van der Waals surface area contributed by atoms with E-state index in [9.17, 15) is 4.79 Å². The van der Waals surface area contributed by atoms with Crippen molar-refractivity contribution >= 4 is 0 Å². The third kappa shape index (κ3) is 1.83. The van der Waals surface area contributed by atoms with Crippen LogP contribution in [0.3, 0.4) is 0 Å². The Bertz CT molecular complexity index is 420. The van der Waals surface area contributed by atoms with Crippen molar-refractivity contribution in [2.75, 3.05) is 0 Å². The molecule has 1 aromatic heterocycles. The van der Waals surface area contributed by atoms with Gasteiger partial charge >= 0.3 is 0 Å². The van der Waals surface area contributed by atoms with Gasteiger partial charge in [0.1, 0.15) is 5.82 Å². The van der Waals surface area contributed by atoms with Crippen LogP contribution in [0.1, 0.15) is 44.5 Å². The maximum Gasteiger partial charge on any atom is 0.256 e. The van der Waals surface area contributed by atoms with Crippen LogP contribution in [0.5, 0.6) is 0 Å². The van der Waals surface area contributed by atoms with E-state index in [0.717, 1.165) is 30.8 Å². The molecule has 0 saturated heterocycles. The van der Waals surface area contributed by atoms with Crippen molar-refractivity contribution in [1.82, 2.24) is 9.55 Å². The van der Waals surface area contributed by atoms with Gasteiger partial charge in [0.05, 0.1) is 0 Å². The number of hydrogen-bond acceptors (Lipinski definition) is 2. The minimum atomic E-state index is 0.168. The van der Waals surface area contributed by atoms with E-state index >= 15 is 0 Å². The van der Waals surface area contributed by atoms with Gasteiger partial charge in [-0.25, -0.2) is 4.98 Å². The molecule has 0 aromatic carbocycles. The minimum absolute atomic E-state index is 0.168. The first kappa shape index (κ1) is 10.4. The molecule has 1 aliphatic rings. The van der Waals surface area contributed by atoms with Gasteiger partial charge in [0.2, 0.25) is 0 Å². The zero-order valence-electron chi connectivity index (χ0n) is 9.66. The van der Waals surface area contributed by atoms with Gasteiger partial charge in [-0.2, -0.15) is 0 Å². The molecule has 3 nitrogen and oxygen atoms in total. The first-order valence-corrected chi connectivity index (χ1v) is 5.68. The van der Waals surface area contributed by atoms with Crippen LogP contribution in [0, 0.1) is 5.92 Å². The SMILES string of the molecule is CC1CCn2c(ncc(C(C)C)c2=O)C1. The van der Waals surface area contributed by atoms with Gasteiger partial charge in [-0.15, -0.1) is 0 Å². The molecule has 82 valence electrons. The molecule has 0 fully saturated rings. The van der Waals surface area contributed by atoms with Crippen LogP contribution in [0.25, 0.3) is 0 Å². The highest BCUT2D eigenvalue weighted by atomic mass is 16.1. The van der Waals surface area contributed by atoms with Crippen molar-refractivity contribution in [2.45, 2.75) is 46.1 Å². The smallest absolute Gasteiger partial charge is 0.256 e. The Morgan fingerprint density at radius 3 is 2.93 bits per heavy atom. The van der Waals surface area contributed by atoms with Gasteiger partial charge in [0.25, 0.3) is 5.56 Å². The molecule has 1 unspecified atom stereocenters. The van der Waals surface area contributed by atoms with Gasteiger partial charge in [-0.3, -0.25) is 9.36 Å². The predicted molar refractivity (Wildman–Crippen MR) is 60.1 cm³/mol. The van der Waals surface area contributed by atoms with E-state index < -0.39 is 0 Å². The topological polar surface area (TPSA) is 34.9 Å². The molecular formula is C12H18N2O. The lowest BCUT2D eigenvalue weighted by molar-refractivity contribution is 0.392. The summed E-state index contributed by atoms with van der Waals surface area (Å²) in [4.78, 5) is 16.5. The molecule has 0 spiro atoms. The van der Waals surface area contributed by atoms with Crippen molar-refractivity contribution in [1.29, 1.82) is 0 Å². The van der Waals surface area contributed by atoms with Crippen molar-refractivity contribution in [3.63, 3.8) is 0 Å². The molecule has 0 radical (unpaired) electrons. The van der Waals surface area contributed by atoms with Crippen molar-refractivity contribution in [3.05, 3.63) is 27.9 Å². The molecule has 15 heavy (non-hydrogen) atoms. The van der Waals surface area contributed by atoms with Crippen LogP contribution in [-0.2, 0) is 13.0 Å². The summed E-state index contributed by atoms with van der Waals surface area (Å²) in [5, 5.41) is 0. The van der Waals surface area contributed by atoms with Crippen LogP contribution in [0.15, 0.2) is 11.0 Å². The molecule has 0 bridgehead atoms. The van der Waals surface area contributed by atoms with Crippen molar-refractivity contribution in [2.24, 2.45) is 5.92 Å². The summed E-state index contributed by atoms with van der Waals surface area (Å²) in [6, 6.07) is 0. The summed E-state index contributed by atoms with van der Waals surface area (Å²) in [6.45, 7) is 7.13. The molecule has 0 N–H and O–H groups in total. The van der Waals surface area contributed by atoms with Gasteiger partial charge in [0, 0.05) is 24.7 Å². The summed E-state index contributed by atoms with van der Waals surface area (Å²) >= 11 is 0. The maximum atomic E-state index is 12.1. The second-order valence-corrected chi connectivity index (χ2v) is 4.84. The highest BCUT2D eigenvalue weighted by Crippen LogP contribution is 2.17. The molecule has 2 heterocycles. The monoisotopic (exact) mass is 206 g/mol. The fourth-order valence-corrected chi connectivity index (χ4v) is 2.09. The fraction of sp³-hybridized carbons (Fsp3) is 0.667. The average molecular weight is 206 g/mol. The van der Waals surface area contributed by atoms with E-state index in [4.69, 9.17) is 0 Å². The Hall–Kier alpha value is -1.12. The Balaban J connectivity index is 2.49. The largest absolute Gasteiger partial charge is 0.296 e. The lowest BCUT2D eigenvalue weighted by Crippen LogP contribution is -2.33. The number of hydrogen-bond donors (Lipinski definition) is 0.